The summed E-state index contributed by atoms with van der Waals surface area (Å²) in [5, 5.41) is 2.10. The van der Waals surface area contributed by atoms with Crippen molar-refractivity contribution >= 4 is 27.6 Å². The Kier molecular flexibility index (Phi) is 4.53. The summed E-state index contributed by atoms with van der Waals surface area (Å²) < 4.78 is 10.5. The van der Waals surface area contributed by atoms with Crippen LogP contribution in [-0.2, 0) is 10.7 Å². The highest BCUT2D eigenvalue weighted by Gasteiger charge is 2.06. The molecule has 0 amide bonds. The molecule has 1 aliphatic rings. The lowest BCUT2D eigenvalue weighted by Crippen LogP contribution is -1.83. The maximum Gasteiger partial charge on any atom is 0.127 e. The molecule has 1 atom stereocenters. The Morgan fingerprint density at radius 1 is 0.720 bits per heavy atom. The number of aliphatic imine (C=N–C) groups is 1. The summed E-state index contributed by atoms with van der Waals surface area (Å²) in [5.41, 5.74) is 4.92. The molecule has 25 heavy (non-hydrogen) atoms. The van der Waals surface area contributed by atoms with E-state index in [0.717, 1.165) is 28.4 Å². The third-order valence-corrected chi connectivity index (χ3v) is 4.84. The van der Waals surface area contributed by atoms with Gasteiger partial charge in [-0.15, -0.1) is 0 Å². The molecule has 1 aliphatic heterocycles. The van der Waals surface area contributed by atoms with Gasteiger partial charge in [-0.05, 0) is 47.1 Å². The van der Waals surface area contributed by atoms with E-state index < -0.39 is 0 Å². The Morgan fingerprint density at radius 3 is 2.08 bits per heavy atom. The molecular formula is C21H16N2OS. The average molecular weight is 344 g/mol. The molecule has 1 heterocycles. The molecule has 4 heteroatoms. The Hall–Kier alpha value is -2.98. The van der Waals surface area contributed by atoms with E-state index in [0.29, 0.717) is 0 Å². The van der Waals surface area contributed by atoms with Crippen LogP contribution in [0.3, 0.4) is 0 Å². The van der Waals surface area contributed by atoms with Crippen molar-refractivity contribution in [2.75, 3.05) is 0 Å². The van der Waals surface area contributed by atoms with Crippen LogP contribution < -0.4 is 4.74 Å². The molecule has 0 N–H and O–H groups in total. The van der Waals surface area contributed by atoms with Gasteiger partial charge >= 0.3 is 0 Å². The molecular weight excluding hydrogens is 328 g/mol. The first-order valence-electron chi connectivity index (χ1n) is 7.95. The Morgan fingerprint density at radius 2 is 1.36 bits per heavy atom. The second-order valence-corrected chi connectivity index (χ2v) is 6.77. The van der Waals surface area contributed by atoms with Crippen molar-refractivity contribution < 1.29 is 4.74 Å². The number of hydrogen-bond acceptors (Lipinski definition) is 3. The fourth-order valence-corrected chi connectivity index (χ4v) is 3.58. The summed E-state index contributed by atoms with van der Waals surface area (Å²) in [5.74, 6) is 1.63. The molecule has 1 unspecified atom stereocenters. The highest BCUT2D eigenvalue weighted by molar-refractivity contribution is 8.03. The minimum Gasteiger partial charge on any atom is -0.457 e. The Labute approximate surface area is 149 Å². The quantitative estimate of drug-likeness (QED) is 0.575. The third-order valence-electron chi connectivity index (χ3n) is 3.63. The lowest BCUT2D eigenvalue weighted by molar-refractivity contribution is 0.483. The number of nitrogens with zero attached hydrogens (tertiary/aromatic N) is 2. The van der Waals surface area contributed by atoms with Gasteiger partial charge in [0.1, 0.15) is 11.5 Å². The van der Waals surface area contributed by atoms with Crippen molar-refractivity contribution in [3.05, 3.63) is 95.9 Å². The van der Waals surface area contributed by atoms with Gasteiger partial charge in [-0.1, -0.05) is 48.5 Å². The molecule has 0 saturated heterocycles. The molecule has 0 fully saturated rings. The normalized spacial score (nSPS) is 16.0. The smallest absolute Gasteiger partial charge is 0.127 e. The molecule has 0 spiro atoms. The molecule has 0 aromatic heterocycles. The molecule has 122 valence electrons. The predicted molar refractivity (Wildman–Crippen MR) is 105 cm³/mol. The van der Waals surface area contributed by atoms with E-state index in [1.54, 1.807) is 0 Å². The lowest BCUT2D eigenvalue weighted by Gasteiger charge is -2.05. The zero-order valence-corrected chi connectivity index (χ0v) is 14.3. The van der Waals surface area contributed by atoms with Gasteiger partial charge in [-0.2, -0.15) is 0 Å². The van der Waals surface area contributed by atoms with Crippen molar-refractivity contribution in [1.82, 2.24) is 0 Å². The minimum atomic E-state index is -0.323. The second kappa shape index (κ2) is 7.28. The van der Waals surface area contributed by atoms with Gasteiger partial charge in [0.05, 0.1) is 16.9 Å². The van der Waals surface area contributed by atoms with Crippen LogP contribution in [0.2, 0.25) is 0 Å². The van der Waals surface area contributed by atoms with Crippen LogP contribution in [0.4, 0.5) is 5.69 Å². The summed E-state index contributed by atoms with van der Waals surface area (Å²) in [7, 11) is -0.323. The van der Waals surface area contributed by atoms with E-state index in [9.17, 15) is 0 Å². The van der Waals surface area contributed by atoms with E-state index in [2.05, 4.69) is 22.5 Å². The molecule has 0 saturated carbocycles. The van der Waals surface area contributed by atoms with Gasteiger partial charge in [-0.25, -0.2) is 9.36 Å². The van der Waals surface area contributed by atoms with Crippen molar-refractivity contribution in [3.63, 3.8) is 0 Å². The molecule has 4 rings (SSSR count). The van der Waals surface area contributed by atoms with Gasteiger partial charge in [0, 0.05) is 11.0 Å². The van der Waals surface area contributed by atoms with E-state index in [-0.39, 0.29) is 10.7 Å². The lowest BCUT2D eigenvalue weighted by atomic mass is 10.2. The first-order valence-corrected chi connectivity index (χ1v) is 9.26. The van der Waals surface area contributed by atoms with E-state index in [4.69, 9.17) is 9.10 Å². The van der Waals surface area contributed by atoms with E-state index in [1.165, 1.54) is 0 Å². The molecule has 0 bridgehead atoms. The summed E-state index contributed by atoms with van der Waals surface area (Å²) in [6.07, 6.45) is 0. The summed E-state index contributed by atoms with van der Waals surface area (Å²) in [6.45, 7) is 0. The van der Waals surface area contributed by atoms with E-state index in [1.807, 2.05) is 78.3 Å². The minimum absolute atomic E-state index is 0.323. The van der Waals surface area contributed by atoms with Crippen molar-refractivity contribution in [1.29, 1.82) is 0 Å². The fourth-order valence-electron chi connectivity index (χ4n) is 2.41. The Bertz CT molecular complexity index is 946. The fraction of sp³-hybridized carbons (Fsp3) is 0. The molecule has 3 aromatic carbocycles. The standard InChI is InChI=1S/C21H16N2OS/c1-3-7-17(8-4-1)21-15-25(16-22-21)23-18-11-13-20(14-12-18)24-19-9-5-2-6-10-19/h1-16H. The summed E-state index contributed by atoms with van der Waals surface area (Å²) in [4.78, 5) is 4.49. The SMILES string of the molecule is C1=NC(c2ccccc2)=CS1=Nc1ccc(Oc2ccccc2)cc1. The van der Waals surface area contributed by atoms with Crippen LogP contribution in [0.15, 0.2) is 99.7 Å². The summed E-state index contributed by atoms with van der Waals surface area (Å²) >= 11 is 0. The molecule has 0 aliphatic carbocycles. The number of benzene rings is 3. The number of para-hydroxylation sites is 1. The second-order valence-electron chi connectivity index (χ2n) is 5.45. The van der Waals surface area contributed by atoms with Gasteiger partial charge < -0.3 is 4.74 Å². The number of rotatable bonds is 4. The van der Waals surface area contributed by atoms with Gasteiger partial charge in [0.15, 0.2) is 0 Å². The molecule has 3 aromatic rings. The maximum absolute atomic E-state index is 5.80. The highest BCUT2D eigenvalue weighted by Crippen LogP contribution is 2.26. The Balaban J connectivity index is 1.49. The number of ether oxygens (including phenoxy) is 1. The summed E-state index contributed by atoms with van der Waals surface area (Å²) in [6, 6.07) is 27.7. The number of hydrogen-bond donors (Lipinski definition) is 0. The van der Waals surface area contributed by atoms with Crippen LogP contribution in [0.5, 0.6) is 11.5 Å². The van der Waals surface area contributed by atoms with Crippen LogP contribution >= 0.6 is 0 Å². The largest absolute Gasteiger partial charge is 0.457 e. The van der Waals surface area contributed by atoms with Crippen LogP contribution in [0.1, 0.15) is 5.56 Å². The third kappa shape index (κ3) is 3.92. The molecule has 3 nitrogen and oxygen atoms in total. The van der Waals surface area contributed by atoms with Crippen molar-refractivity contribution in [3.8, 4) is 11.5 Å². The van der Waals surface area contributed by atoms with Gasteiger partial charge in [-0.3, -0.25) is 0 Å². The monoisotopic (exact) mass is 344 g/mol. The highest BCUT2D eigenvalue weighted by atomic mass is 32.2. The van der Waals surface area contributed by atoms with Gasteiger partial charge in [0.2, 0.25) is 0 Å². The average Bonchev–Trinajstić information content (AvgIpc) is 3.14. The topological polar surface area (TPSA) is 34.0 Å². The van der Waals surface area contributed by atoms with Crippen molar-refractivity contribution in [2.45, 2.75) is 0 Å². The van der Waals surface area contributed by atoms with Crippen LogP contribution in [0, 0.1) is 0 Å². The maximum atomic E-state index is 5.80. The van der Waals surface area contributed by atoms with Crippen molar-refractivity contribution in [2.24, 2.45) is 9.36 Å². The zero-order chi connectivity index (χ0) is 16.9. The predicted octanol–water partition coefficient (Wildman–Crippen LogP) is 5.95. The molecule has 0 radical (unpaired) electrons. The first kappa shape index (κ1) is 15.5. The van der Waals surface area contributed by atoms with Crippen LogP contribution in [0.25, 0.3) is 5.70 Å². The van der Waals surface area contributed by atoms with Gasteiger partial charge in [0.25, 0.3) is 0 Å². The van der Waals surface area contributed by atoms with Crippen LogP contribution in [-0.4, -0.2) is 5.55 Å². The first-order chi connectivity index (χ1) is 12.4. The van der Waals surface area contributed by atoms with E-state index >= 15 is 0 Å². The zero-order valence-electron chi connectivity index (χ0n) is 13.4.